The van der Waals surface area contributed by atoms with E-state index in [1.54, 1.807) is 12.1 Å². The number of nitrogens with one attached hydrogen (secondary N) is 1. The Balaban J connectivity index is 2.32. The number of hydrogen-bond acceptors (Lipinski definition) is 4. The molecule has 5 nitrogen and oxygen atoms in total. The Bertz CT molecular complexity index is 536. The van der Waals surface area contributed by atoms with E-state index in [0.717, 1.165) is 11.3 Å². The molecule has 0 spiro atoms. The molecule has 0 unspecified atom stereocenters. The maximum absolute atomic E-state index is 11.0. The average molecular weight is 228 g/mol. The summed E-state index contributed by atoms with van der Waals surface area (Å²) < 4.78 is 0. The Morgan fingerprint density at radius 2 is 2.06 bits per heavy atom. The number of anilines is 2. The molecule has 1 aromatic heterocycles. The molecule has 3 N–H and O–H groups in total. The van der Waals surface area contributed by atoms with Crippen molar-refractivity contribution in [2.24, 2.45) is 0 Å². The molecular weight excluding hydrogens is 216 g/mol. The van der Waals surface area contributed by atoms with E-state index in [4.69, 9.17) is 5.73 Å². The summed E-state index contributed by atoms with van der Waals surface area (Å²) in [7, 11) is 0. The Morgan fingerprint density at radius 3 is 2.71 bits per heavy atom. The van der Waals surface area contributed by atoms with Crippen LogP contribution in [0.15, 0.2) is 36.4 Å². The van der Waals surface area contributed by atoms with Crippen molar-refractivity contribution in [3.05, 3.63) is 36.4 Å². The fourth-order valence-corrected chi connectivity index (χ4v) is 1.46. The van der Waals surface area contributed by atoms with Crippen molar-refractivity contribution in [1.29, 1.82) is 0 Å². The highest BCUT2D eigenvalue weighted by atomic mass is 16.1. The SMILES string of the molecule is CC(=O)Nc1cccc(-c2ccc(N)nn2)c1. The van der Waals surface area contributed by atoms with Gasteiger partial charge in [-0.15, -0.1) is 10.2 Å². The van der Waals surface area contributed by atoms with Crippen molar-refractivity contribution in [1.82, 2.24) is 10.2 Å². The maximum Gasteiger partial charge on any atom is 0.221 e. The van der Waals surface area contributed by atoms with Crippen LogP contribution in [0.5, 0.6) is 0 Å². The lowest BCUT2D eigenvalue weighted by atomic mass is 10.1. The van der Waals surface area contributed by atoms with Crippen LogP contribution in [0.2, 0.25) is 0 Å². The summed E-state index contributed by atoms with van der Waals surface area (Å²) in [6.07, 6.45) is 0. The highest BCUT2D eigenvalue weighted by Crippen LogP contribution is 2.20. The molecule has 17 heavy (non-hydrogen) atoms. The third-order valence-electron chi connectivity index (χ3n) is 2.16. The first-order chi connectivity index (χ1) is 8.15. The van der Waals surface area contributed by atoms with E-state index in [9.17, 15) is 4.79 Å². The Labute approximate surface area is 98.7 Å². The van der Waals surface area contributed by atoms with Crippen molar-refractivity contribution in [2.75, 3.05) is 11.1 Å². The zero-order valence-electron chi connectivity index (χ0n) is 9.34. The normalized spacial score (nSPS) is 9.94. The van der Waals surface area contributed by atoms with Gasteiger partial charge < -0.3 is 11.1 Å². The van der Waals surface area contributed by atoms with Crippen LogP contribution in [0, 0.1) is 0 Å². The van der Waals surface area contributed by atoms with Gasteiger partial charge in [0.2, 0.25) is 5.91 Å². The molecule has 86 valence electrons. The Morgan fingerprint density at radius 1 is 1.24 bits per heavy atom. The fraction of sp³-hybridized carbons (Fsp3) is 0.0833. The van der Waals surface area contributed by atoms with Gasteiger partial charge in [0, 0.05) is 18.2 Å². The smallest absolute Gasteiger partial charge is 0.221 e. The summed E-state index contributed by atoms with van der Waals surface area (Å²) in [6.45, 7) is 1.47. The van der Waals surface area contributed by atoms with Crippen LogP contribution < -0.4 is 11.1 Å². The molecule has 2 rings (SSSR count). The van der Waals surface area contributed by atoms with Gasteiger partial charge in [-0.05, 0) is 24.3 Å². The van der Waals surface area contributed by atoms with Crippen LogP contribution in [0.25, 0.3) is 11.3 Å². The highest BCUT2D eigenvalue weighted by molar-refractivity contribution is 5.89. The lowest BCUT2D eigenvalue weighted by molar-refractivity contribution is -0.114. The summed E-state index contributed by atoms with van der Waals surface area (Å²) in [6, 6.07) is 10.9. The number of hydrogen-bond donors (Lipinski definition) is 2. The van der Waals surface area contributed by atoms with E-state index in [0.29, 0.717) is 11.5 Å². The lowest BCUT2D eigenvalue weighted by Gasteiger charge is -2.04. The van der Waals surface area contributed by atoms with Crippen LogP contribution in [0.4, 0.5) is 11.5 Å². The van der Waals surface area contributed by atoms with Gasteiger partial charge in [-0.1, -0.05) is 12.1 Å². The molecule has 2 aromatic rings. The largest absolute Gasteiger partial charge is 0.382 e. The minimum Gasteiger partial charge on any atom is -0.382 e. The Kier molecular flexibility index (Phi) is 3.00. The van der Waals surface area contributed by atoms with Gasteiger partial charge in [0.1, 0.15) is 5.82 Å². The van der Waals surface area contributed by atoms with Gasteiger partial charge >= 0.3 is 0 Å². The number of nitrogens with two attached hydrogens (primary N) is 1. The molecule has 0 atom stereocenters. The number of carbonyl (C=O) groups excluding carboxylic acids is 1. The topological polar surface area (TPSA) is 80.9 Å². The number of nitrogens with zero attached hydrogens (tertiary/aromatic N) is 2. The summed E-state index contributed by atoms with van der Waals surface area (Å²) in [5, 5.41) is 10.5. The van der Waals surface area contributed by atoms with Gasteiger partial charge in [0.05, 0.1) is 5.69 Å². The van der Waals surface area contributed by atoms with E-state index >= 15 is 0 Å². The number of benzene rings is 1. The monoisotopic (exact) mass is 228 g/mol. The summed E-state index contributed by atoms with van der Waals surface area (Å²) >= 11 is 0. The molecule has 0 fully saturated rings. The van der Waals surface area contributed by atoms with E-state index in [2.05, 4.69) is 15.5 Å². The molecule has 0 saturated carbocycles. The number of amides is 1. The van der Waals surface area contributed by atoms with Gasteiger partial charge in [-0.25, -0.2) is 0 Å². The zero-order chi connectivity index (χ0) is 12.3. The van der Waals surface area contributed by atoms with Gasteiger partial charge in [-0.2, -0.15) is 0 Å². The first-order valence-electron chi connectivity index (χ1n) is 5.12. The minimum absolute atomic E-state index is 0.106. The number of rotatable bonds is 2. The summed E-state index contributed by atoms with van der Waals surface area (Å²) in [5.74, 6) is 0.275. The zero-order valence-corrected chi connectivity index (χ0v) is 9.34. The minimum atomic E-state index is -0.106. The third-order valence-corrected chi connectivity index (χ3v) is 2.16. The first kappa shape index (κ1) is 11.1. The number of carbonyl (C=O) groups is 1. The van der Waals surface area contributed by atoms with Crippen LogP contribution in [0.3, 0.4) is 0 Å². The average Bonchev–Trinajstić information content (AvgIpc) is 2.29. The van der Waals surface area contributed by atoms with Crippen molar-refractivity contribution in [3.8, 4) is 11.3 Å². The molecule has 0 aliphatic rings. The lowest BCUT2D eigenvalue weighted by Crippen LogP contribution is -2.05. The van der Waals surface area contributed by atoms with E-state index < -0.39 is 0 Å². The Hall–Kier alpha value is -2.43. The van der Waals surface area contributed by atoms with Crippen LogP contribution in [-0.2, 0) is 4.79 Å². The molecule has 0 bridgehead atoms. The van der Waals surface area contributed by atoms with Crippen molar-refractivity contribution >= 4 is 17.4 Å². The van der Waals surface area contributed by atoms with E-state index in [1.807, 2.05) is 24.3 Å². The molecule has 0 radical (unpaired) electrons. The van der Waals surface area contributed by atoms with Crippen molar-refractivity contribution in [3.63, 3.8) is 0 Å². The van der Waals surface area contributed by atoms with Crippen LogP contribution >= 0.6 is 0 Å². The van der Waals surface area contributed by atoms with Gasteiger partial charge in [0.25, 0.3) is 0 Å². The summed E-state index contributed by atoms with van der Waals surface area (Å²) in [4.78, 5) is 11.0. The first-order valence-corrected chi connectivity index (χ1v) is 5.12. The molecule has 1 amide bonds. The molecular formula is C12H12N4O. The van der Waals surface area contributed by atoms with E-state index in [1.165, 1.54) is 6.92 Å². The molecule has 1 aromatic carbocycles. The fourth-order valence-electron chi connectivity index (χ4n) is 1.46. The van der Waals surface area contributed by atoms with E-state index in [-0.39, 0.29) is 5.91 Å². The second kappa shape index (κ2) is 4.61. The van der Waals surface area contributed by atoms with Gasteiger partial charge in [-0.3, -0.25) is 4.79 Å². The number of nitrogen functional groups attached to an aromatic ring is 1. The number of aromatic nitrogens is 2. The second-order valence-electron chi connectivity index (χ2n) is 3.61. The molecule has 0 aliphatic heterocycles. The van der Waals surface area contributed by atoms with Crippen molar-refractivity contribution < 1.29 is 4.79 Å². The highest BCUT2D eigenvalue weighted by Gasteiger charge is 2.02. The molecule has 1 heterocycles. The van der Waals surface area contributed by atoms with Crippen LogP contribution in [0.1, 0.15) is 6.92 Å². The van der Waals surface area contributed by atoms with Crippen LogP contribution in [-0.4, -0.2) is 16.1 Å². The summed E-state index contributed by atoms with van der Waals surface area (Å²) in [5.41, 5.74) is 7.79. The molecule has 0 saturated heterocycles. The quantitative estimate of drug-likeness (QED) is 0.819. The molecule has 5 heteroatoms. The van der Waals surface area contributed by atoms with Gasteiger partial charge in [0.15, 0.2) is 0 Å². The van der Waals surface area contributed by atoms with Crippen molar-refractivity contribution in [2.45, 2.75) is 6.92 Å². The maximum atomic E-state index is 11.0. The molecule has 0 aliphatic carbocycles. The predicted molar refractivity (Wildman–Crippen MR) is 66.2 cm³/mol. The standard InChI is InChI=1S/C12H12N4O/c1-8(17)14-10-4-2-3-9(7-10)11-5-6-12(13)16-15-11/h2-7H,1H3,(H2,13,16)(H,14,17). The second-order valence-corrected chi connectivity index (χ2v) is 3.61. The predicted octanol–water partition coefficient (Wildman–Crippen LogP) is 1.68. The third kappa shape index (κ3) is 2.78.